The van der Waals surface area contributed by atoms with Gasteiger partial charge in [-0.2, -0.15) is 0 Å². The van der Waals surface area contributed by atoms with E-state index in [4.69, 9.17) is 5.11 Å². The average Bonchev–Trinajstić information content (AvgIpc) is 1.81. The van der Waals surface area contributed by atoms with Gasteiger partial charge in [0.15, 0.2) is 0 Å². The standard InChI is InChI=1S/C7H15NO2/c1-5(9)4-7(8-3)6(2)10/h6-8,10H,4H2,1-3H3. The molecular formula is C7H15NO2. The lowest BCUT2D eigenvalue weighted by molar-refractivity contribution is -0.118. The van der Waals surface area contributed by atoms with E-state index in [9.17, 15) is 4.79 Å². The van der Waals surface area contributed by atoms with Gasteiger partial charge in [-0.3, -0.25) is 4.79 Å². The summed E-state index contributed by atoms with van der Waals surface area (Å²) in [6.07, 6.45) is -0.0670. The van der Waals surface area contributed by atoms with Gasteiger partial charge in [-0.25, -0.2) is 0 Å². The highest BCUT2D eigenvalue weighted by molar-refractivity contribution is 5.76. The third kappa shape index (κ3) is 3.58. The van der Waals surface area contributed by atoms with E-state index in [0.717, 1.165) is 0 Å². The smallest absolute Gasteiger partial charge is 0.131 e. The van der Waals surface area contributed by atoms with Crippen LogP contribution in [0, 0.1) is 0 Å². The number of hydrogen-bond donors (Lipinski definition) is 2. The molecule has 0 amide bonds. The molecule has 3 heteroatoms. The zero-order valence-corrected chi connectivity index (χ0v) is 6.72. The molecular weight excluding hydrogens is 130 g/mol. The van der Waals surface area contributed by atoms with Crippen molar-refractivity contribution in [1.29, 1.82) is 0 Å². The van der Waals surface area contributed by atoms with Gasteiger partial charge >= 0.3 is 0 Å². The zero-order chi connectivity index (χ0) is 8.15. The van der Waals surface area contributed by atoms with Gasteiger partial charge in [0, 0.05) is 12.5 Å². The lowest BCUT2D eigenvalue weighted by Gasteiger charge is -2.16. The maximum Gasteiger partial charge on any atom is 0.131 e. The molecule has 0 saturated heterocycles. The molecule has 0 bridgehead atoms. The Morgan fingerprint density at radius 2 is 2.20 bits per heavy atom. The second kappa shape index (κ2) is 4.41. The number of aliphatic hydroxyl groups excluding tert-OH is 1. The topological polar surface area (TPSA) is 49.3 Å². The van der Waals surface area contributed by atoms with Crippen LogP contribution in [0.3, 0.4) is 0 Å². The normalized spacial score (nSPS) is 16.4. The van der Waals surface area contributed by atoms with Gasteiger partial charge in [0.2, 0.25) is 0 Å². The van der Waals surface area contributed by atoms with Gasteiger partial charge in [-0.15, -0.1) is 0 Å². The summed E-state index contributed by atoms with van der Waals surface area (Å²) in [6.45, 7) is 3.19. The van der Waals surface area contributed by atoms with Crippen LogP contribution in [0.2, 0.25) is 0 Å². The number of rotatable bonds is 4. The van der Waals surface area contributed by atoms with Crippen LogP contribution in [-0.4, -0.2) is 30.1 Å². The minimum absolute atomic E-state index is 0.0975. The summed E-state index contributed by atoms with van der Waals surface area (Å²) < 4.78 is 0. The van der Waals surface area contributed by atoms with Crippen molar-refractivity contribution in [2.45, 2.75) is 32.4 Å². The van der Waals surface area contributed by atoms with Crippen LogP contribution in [0.5, 0.6) is 0 Å². The van der Waals surface area contributed by atoms with E-state index < -0.39 is 6.10 Å². The Morgan fingerprint density at radius 1 is 1.70 bits per heavy atom. The Balaban J connectivity index is 3.71. The minimum atomic E-state index is -0.464. The van der Waals surface area contributed by atoms with E-state index in [-0.39, 0.29) is 11.8 Å². The quantitative estimate of drug-likeness (QED) is 0.582. The summed E-state index contributed by atoms with van der Waals surface area (Å²) >= 11 is 0. The fourth-order valence-electron chi connectivity index (χ4n) is 0.824. The molecule has 0 spiro atoms. The van der Waals surface area contributed by atoms with E-state index in [1.54, 1.807) is 14.0 Å². The van der Waals surface area contributed by atoms with Crippen molar-refractivity contribution < 1.29 is 9.90 Å². The number of carbonyl (C=O) groups is 1. The van der Waals surface area contributed by atoms with Crippen molar-refractivity contribution in [3.63, 3.8) is 0 Å². The van der Waals surface area contributed by atoms with Crippen molar-refractivity contribution in [3.05, 3.63) is 0 Å². The van der Waals surface area contributed by atoms with Crippen LogP contribution in [-0.2, 0) is 4.79 Å². The molecule has 10 heavy (non-hydrogen) atoms. The molecule has 2 N–H and O–H groups in total. The van der Waals surface area contributed by atoms with Gasteiger partial charge in [0.25, 0.3) is 0 Å². The van der Waals surface area contributed by atoms with Gasteiger partial charge in [0.05, 0.1) is 6.10 Å². The molecule has 60 valence electrons. The molecule has 0 aromatic rings. The van der Waals surface area contributed by atoms with Crippen LogP contribution in [0.4, 0.5) is 0 Å². The average molecular weight is 145 g/mol. The predicted octanol–water partition coefficient (Wildman–Crippen LogP) is -0.0657. The van der Waals surface area contributed by atoms with Gasteiger partial charge < -0.3 is 10.4 Å². The fourth-order valence-corrected chi connectivity index (χ4v) is 0.824. The SMILES string of the molecule is CNC(CC(C)=O)C(C)O. The summed E-state index contributed by atoms with van der Waals surface area (Å²) in [5.74, 6) is 0.0975. The van der Waals surface area contributed by atoms with Crippen LogP contribution in [0.1, 0.15) is 20.3 Å². The van der Waals surface area contributed by atoms with Crippen LogP contribution in [0.15, 0.2) is 0 Å². The monoisotopic (exact) mass is 145 g/mol. The number of nitrogens with one attached hydrogen (secondary N) is 1. The summed E-state index contributed by atoms with van der Waals surface area (Å²) in [7, 11) is 1.74. The van der Waals surface area contributed by atoms with Crippen molar-refractivity contribution >= 4 is 5.78 Å². The third-order valence-electron chi connectivity index (χ3n) is 1.46. The molecule has 0 fully saturated rings. The largest absolute Gasteiger partial charge is 0.392 e. The Labute approximate surface area is 61.4 Å². The first-order chi connectivity index (χ1) is 4.57. The van der Waals surface area contributed by atoms with Crippen LogP contribution >= 0.6 is 0 Å². The number of Topliss-reactive ketones (excluding diaryl/α,β-unsaturated/α-hetero) is 1. The van der Waals surface area contributed by atoms with E-state index >= 15 is 0 Å². The highest BCUT2D eigenvalue weighted by Gasteiger charge is 2.13. The number of ketones is 1. The molecule has 2 atom stereocenters. The highest BCUT2D eigenvalue weighted by Crippen LogP contribution is 1.97. The molecule has 0 aromatic carbocycles. The van der Waals surface area contributed by atoms with E-state index in [1.165, 1.54) is 6.92 Å². The molecule has 0 aliphatic heterocycles. The molecule has 0 heterocycles. The zero-order valence-electron chi connectivity index (χ0n) is 6.72. The van der Waals surface area contributed by atoms with Gasteiger partial charge in [-0.1, -0.05) is 0 Å². The number of likely N-dealkylation sites (N-methyl/N-ethyl adjacent to an activating group) is 1. The van der Waals surface area contributed by atoms with E-state index in [0.29, 0.717) is 6.42 Å². The second-order valence-electron chi connectivity index (χ2n) is 2.54. The number of carbonyl (C=O) groups excluding carboxylic acids is 1. The van der Waals surface area contributed by atoms with Crippen molar-refractivity contribution in [1.82, 2.24) is 5.32 Å². The second-order valence-corrected chi connectivity index (χ2v) is 2.54. The molecule has 0 rings (SSSR count). The Kier molecular flexibility index (Phi) is 4.23. The molecule has 0 aromatic heterocycles. The molecule has 0 saturated carbocycles. The van der Waals surface area contributed by atoms with Crippen molar-refractivity contribution in [2.75, 3.05) is 7.05 Å². The summed E-state index contributed by atoms with van der Waals surface area (Å²) in [5, 5.41) is 11.9. The lowest BCUT2D eigenvalue weighted by Crippen LogP contribution is -2.37. The van der Waals surface area contributed by atoms with Crippen LogP contribution in [0.25, 0.3) is 0 Å². The lowest BCUT2D eigenvalue weighted by atomic mass is 10.1. The maximum absolute atomic E-state index is 10.6. The first-order valence-electron chi connectivity index (χ1n) is 3.42. The number of hydrogen-bond acceptors (Lipinski definition) is 3. The molecule has 0 aliphatic rings. The fraction of sp³-hybridized carbons (Fsp3) is 0.857. The molecule has 2 unspecified atom stereocenters. The maximum atomic E-state index is 10.6. The van der Waals surface area contributed by atoms with E-state index in [2.05, 4.69) is 5.32 Å². The minimum Gasteiger partial charge on any atom is -0.392 e. The summed E-state index contributed by atoms with van der Waals surface area (Å²) in [5.41, 5.74) is 0. The Morgan fingerprint density at radius 3 is 2.30 bits per heavy atom. The Bertz CT molecular complexity index is 112. The van der Waals surface area contributed by atoms with Crippen molar-refractivity contribution in [3.8, 4) is 0 Å². The van der Waals surface area contributed by atoms with Crippen LogP contribution < -0.4 is 5.32 Å². The van der Waals surface area contributed by atoms with E-state index in [1.807, 2.05) is 0 Å². The third-order valence-corrected chi connectivity index (χ3v) is 1.46. The molecule has 3 nitrogen and oxygen atoms in total. The highest BCUT2D eigenvalue weighted by atomic mass is 16.3. The predicted molar refractivity (Wildman–Crippen MR) is 39.8 cm³/mol. The summed E-state index contributed by atoms with van der Waals surface area (Å²) in [6, 6.07) is -0.0995. The first-order valence-corrected chi connectivity index (χ1v) is 3.42. The first kappa shape index (κ1) is 9.59. The summed E-state index contributed by atoms with van der Waals surface area (Å²) in [4.78, 5) is 10.6. The molecule has 0 radical (unpaired) electrons. The molecule has 0 aliphatic carbocycles. The Hall–Kier alpha value is -0.410. The van der Waals surface area contributed by atoms with Gasteiger partial charge in [0.1, 0.15) is 5.78 Å². The van der Waals surface area contributed by atoms with Crippen molar-refractivity contribution in [2.24, 2.45) is 0 Å². The van der Waals surface area contributed by atoms with Gasteiger partial charge in [-0.05, 0) is 20.9 Å². The number of aliphatic hydroxyl groups is 1.